The van der Waals surface area contributed by atoms with Crippen LogP contribution in [0.3, 0.4) is 0 Å². The fourth-order valence-electron chi connectivity index (χ4n) is 3.44. The number of ether oxygens (including phenoxy) is 2. The summed E-state index contributed by atoms with van der Waals surface area (Å²) >= 11 is 0. The van der Waals surface area contributed by atoms with Gasteiger partial charge in [0.2, 0.25) is 0 Å². The summed E-state index contributed by atoms with van der Waals surface area (Å²) in [4.78, 5) is 42.1. The first-order valence-electron chi connectivity index (χ1n) is 9.90. The van der Waals surface area contributed by atoms with Gasteiger partial charge in [-0.3, -0.25) is 0 Å². The molecule has 1 atom stereocenters. The Labute approximate surface area is 172 Å². The molecule has 1 unspecified atom stereocenters. The number of rotatable bonds is 5. The van der Waals surface area contributed by atoms with E-state index in [1.807, 2.05) is 44.2 Å². The number of esters is 1. The Morgan fingerprint density at radius 3 is 2.28 bits per heavy atom. The number of urea groups is 1. The Kier molecular flexibility index (Phi) is 8.30. The van der Waals surface area contributed by atoms with E-state index in [0.29, 0.717) is 32.6 Å². The van der Waals surface area contributed by atoms with E-state index in [2.05, 4.69) is 0 Å². The van der Waals surface area contributed by atoms with E-state index < -0.39 is 12.0 Å². The zero-order chi connectivity index (χ0) is 21.4. The van der Waals surface area contributed by atoms with E-state index in [0.717, 1.165) is 5.56 Å². The molecule has 29 heavy (non-hydrogen) atoms. The molecule has 0 bridgehead atoms. The number of benzene rings is 1. The number of likely N-dealkylation sites (N-methyl/N-ethyl adjacent to an activating group) is 1. The van der Waals surface area contributed by atoms with Gasteiger partial charge < -0.3 is 24.2 Å². The quantitative estimate of drug-likeness (QED) is 0.704. The molecule has 1 aromatic rings. The van der Waals surface area contributed by atoms with Gasteiger partial charge in [-0.1, -0.05) is 44.2 Å². The number of amides is 3. The molecule has 1 aliphatic rings. The van der Waals surface area contributed by atoms with E-state index in [1.54, 1.807) is 16.8 Å². The van der Waals surface area contributed by atoms with E-state index >= 15 is 0 Å². The van der Waals surface area contributed by atoms with Crippen LogP contribution in [0.4, 0.5) is 9.59 Å². The second-order valence-electron chi connectivity index (χ2n) is 7.47. The smallest absolute Gasteiger partial charge is 0.410 e. The highest BCUT2D eigenvalue weighted by molar-refractivity contribution is 5.83. The molecule has 8 nitrogen and oxygen atoms in total. The minimum absolute atomic E-state index is 0.0761. The van der Waals surface area contributed by atoms with E-state index in [9.17, 15) is 14.4 Å². The molecule has 1 heterocycles. The van der Waals surface area contributed by atoms with Crippen molar-refractivity contribution in [3.8, 4) is 0 Å². The van der Waals surface area contributed by atoms with Crippen molar-refractivity contribution in [1.29, 1.82) is 0 Å². The van der Waals surface area contributed by atoms with Gasteiger partial charge in [-0.2, -0.15) is 0 Å². The second kappa shape index (κ2) is 10.7. The summed E-state index contributed by atoms with van der Waals surface area (Å²) in [6.45, 7) is 5.77. The minimum Gasteiger partial charge on any atom is -0.467 e. The van der Waals surface area contributed by atoms with Crippen molar-refractivity contribution >= 4 is 18.1 Å². The predicted octanol–water partition coefficient (Wildman–Crippen LogP) is 2.58. The van der Waals surface area contributed by atoms with Gasteiger partial charge in [0.15, 0.2) is 0 Å². The van der Waals surface area contributed by atoms with Crippen molar-refractivity contribution in [3.63, 3.8) is 0 Å². The maximum absolute atomic E-state index is 12.9. The average molecular weight is 405 g/mol. The molecule has 0 aliphatic carbocycles. The lowest BCUT2D eigenvalue weighted by Crippen LogP contribution is -2.52. The number of hydrogen-bond acceptors (Lipinski definition) is 5. The van der Waals surface area contributed by atoms with Gasteiger partial charge in [0.25, 0.3) is 0 Å². The standard InChI is InChI=1S/C21H31N3O5/c1-16(2)18(19(25)28-4)22(3)20(26)23-11-8-12-24(14-13-23)21(27)29-15-17-9-6-5-7-10-17/h5-7,9-10,16,18H,8,11-15H2,1-4H3. The number of hydrogen-bond donors (Lipinski definition) is 0. The Bertz CT molecular complexity index is 695. The Hall–Kier alpha value is -2.77. The fourth-order valence-corrected chi connectivity index (χ4v) is 3.44. The average Bonchev–Trinajstić information content (AvgIpc) is 2.98. The van der Waals surface area contributed by atoms with Crippen LogP contribution in [0.2, 0.25) is 0 Å². The molecule has 0 N–H and O–H groups in total. The maximum atomic E-state index is 12.9. The molecule has 2 rings (SSSR count). The molecule has 160 valence electrons. The highest BCUT2D eigenvalue weighted by Gasteiger charge is 2.33. The summed E-state index contributed by atoms with van der Waals surface area (Å²) in [6.07, 6.45) is 0.260. The second-order valence-corrected chi connectivity index (χ2v) is 7.47. The molecule has 1 saturated heterocycles. The lowest BCUT2D eigenvalue weighted by atomic mass is 10.0. The molecule has 1 aliphatic heterocycles. The summed E-state index contributed by atoms with van der Waals surface area (Å²) < 4.78 is 10.2. The van der Waals surface area contributed by atoms with Gasteiger partial charge in [0, 0.05) is 33.2 Å². The first-order valence-corrected chi connectivity index (χ1v) is 9.90. The predicted molar refractivity (Wildman–Crippen MR) is 108 cm³/mol. The Morgan fingerprint density at radius 1 is 1.03 bits per heavy atom. The SMILES string of the molecule is COC(=O)C(C(C)C)N(C)C(=O)N1CCCN(C(=O)OCc2ccccc2)CC1. The maximum Gasteiger partial charge on any atom is 0.410 e. The summed E-state index contributed by atoms with van der Waals surface area (Å²) in [7, 11) is 2.93. The molecule has 0 aromatic heterocycles. The number of carbonyl (C=O) groups is 3. The van der Waals surface area contributed by atoms with Crippen LogP contribution in [-0.4, -0.2) is 79.2 Å². The molecule has 1 fully saturated rings. The first-order chi connectivity index (χ1) is 13.8. The molecule has 0 saturated carbocycles. The van der Waals surface area contributed by atoms with E-state index in [4.69, 9.17) is 9.47 Å². The van der Waals surface area contributed by atoms with Gasteiger partial charge in [-0.25, -0.2) is 14.4 Å². The van der Waals surface area contributed by atoms with Crippen LogP contribution < -0.4 is 0 Å². The summed E-state index contributed by atoms with van der Waals surface area (Å²) in [5.41, 5.74) is 0.927. The zero-order valence-electron chi connectivity index (χ0n) is 17.7. The topological polar surface area (TPSA) is 79.4 Å². The van der Waals surface area contributed by atoms with Crippen LogP contribution in [0.1, 0.15) is 25.8 Å². The van der Waals surface area contributed by atoms with Crippen molar-refractivity contribution in [2.45, 2.75) is 32.9 Å². The molecular formula is C21H31N3O5. The molecule has 1 aromatic carbocycles. The number of carbonyl (C=O) groups excluding carboxylic acids is 3. The van der Waals surface area contributed by atoms with Crippen LogP contribution in [0.5, 0.6) is 0 Å². The lowest BCUT2D eigenvalue weighted by molar-refractivity contribution is -0.147. The zero-order valence-corrected chi connectivity index (χ0v) is 17.7. The van der Waals surface area contributed by atoms with Crippen molar-refractivity contribution in [3.05, 3.63) is 35.9 Å². The van der Waals surface area contributed by atoms with Gasteiger partial charge >= 0.3 is 18.1 Å². The van der Waals surface area contributed by atoms with Crippen LogP contribution in [0.25, 0.3) is 0 Å². The Morgan fingerprint density at radius 2 is 1.66 bits per heavy atom. The summed E-state index contributed by atoms with van der Waals surface area (Å²) in [5, 5.41) is 0. The minimum atomic E-state index is -0.650. The van der Waals surface area contributed by atoms with Crippen LogP contribution in [0.15, 0.2) is 30.3 Å². The van der Waals surface area contributed by atoms with Gasteiger partial charge in [-0.05, 0) is 17.9 Å². The number of methoxy groups -OCH3 is 1. The van der Waals surface area contributed by atoms with Crippen molar-refractivity contribution in [2.24, 2.45) is 5.92 Å². The first kappa shape index (κ1) is 22.5. The highest BCUT2D eigenvalue weighted by Crippen LogP contribution is 2.15. The monoisotopic (exact) mass is 405 g/mol. The van der Waals surface area contributed by atoms with E-state index in [1.165, 1.54) is 12.0 Å². The fraction of sp³-hybridized carbons (Fsp3) is 0.571. The van der Waals surface area contributed by atoms with E-state index in [-0.39, 0.29) is 24.6 Å². The third kappa shape index (κ3) is 6.10. The molecular weight excluding hydrogens is 374 g/mol. The molecule has 8 heteroatoms. The highest BCUT2D eigenvalue weighted by atomic mass is 16.6. The largest absolute Gasteiger partial charge is 0.467 e. The third-order valence-corrected chi connectivity index (χ3v) is 5.02. The normalized spacial score (nSPS) is 15.5. The van der Waals surface area contributed by atoms with Crippen LogP contribution >= 0.6 is 0 Å². The Balaban J connectivity index is 1.91. The van der Waals surface area contributed by atoms with Crippen molar-refractivity contribution < 1.29 is 23.9 Å². The van der Waals surface area contributed by atoms with Gasteiger partial charge in [0.05, 0.1) is 7.11 Å². The third-order valence-electron chi connectivity index (χ3n) is 5.02. The van der Waals surface area contributed by atoms with Crippen LogP contribution in [-0.2, 0) is 20.9 Å². The lowest BCUT2D eigenvalue weighted by Gasteiger charge is -2.33. The summed E-state index contributed by atoms with van der Waals surface area (Å²) in [6, 6.07) is 8.61. The molecule has 3 amide bonds. The number of nitrogens with zero attached hydrogens (tertiary/aromatic N) is 3. The van der Waals surface area contributed by atoms with Gasteiger partial charge in [0.1, 0.15) is 12.6 Å². The molecule has 0 radical (unpaired) electrons. The van der Waals surface area contributed by atoms with Crippen molar-refractivity contribution in [1.82, 2.24) is 14.7 Å². The molecule has 0 spiro atoms. The van der Waals surface area contributed by atoms with Crippen LogP contribution in [0, 0.1) is 5.92 Å². The van der Waals surface area contributed by atoms with Crippen molar-refractivity contribution in [2.75, 3.05) is 40.3 Å². The summed E-state index contributed by atoms with van der Waals surface area (Å²) in [5.74, 6) is -0.510. The van der Waals surface area contributed by atoms with Gasteiger partial charge in [-0.15, -0.1) is 0 Å².